The zero-order chi connectivity index (χ0) is 41.0. The molecule has 0 aromatic carbocycles. The third-order valence-corrected chi connectivity index (χ3v) is 9.85. The van der Waals surface area contributed by atoms with Crippen LogP contribution >= 0.6 is 0 Å². The quantitative estimate of drug-likeness (QED) is 0.0250. The summed E-state index contributed by atoms with van der Waals surface area (Å²) in [6, 6.07) is -0.729. The summed E-state index contributed by atoms with van der Waals surface area (Å²) in [7, 11) is 0. The predicted molar refractivity (Wildman–Crippen MR) is 241 cm³/mol. The first-order chi connectivity index (χ1) is 27.5. The molecule has 0 aliphatic rings. The zero-order valence-electron chi connectivity index (χ0n) is 36.2. The summed E-state index contributed by atoms with van der Waals surface area (Å²) >= 11 is 0. The van der Waals surface area contributed by atoms with E-state index in [1.807, 2.05) is 60.8 Å². The van der Waals surface area contributed by atoms with Crippen LogP contribution in [0.4, 0.5) is 0 Å². The van der Waals surface area contributed by atoms with Crippen LogP contribution in [0.3, 0.4) is 0 Å². The Bertz CT molecular complexity index is 1100. The standard InChI is InChI=1S/C50H85NO5/c1-4-7-10-13-16-19-22-24-25-26-27-29-32-35-38-41-46(56-50(55)43-40-37-34-31-21-18-15-12-9-6-3)44-49(54)51-47(45-52)48(53)42-39-36-33-30-28-23-20-17-14-11-8-5-2/h7,10,12-13,15-16,19,22,24-27,29,32,46-48,52-53H,4-6,8-9,11,14,17-18,20-21,23,28,30-31,33-45H2,1-3H3,(H,51,54)/b10-7-,15-12-,16-13+,22-19+,25-24-,27-26+,32-29+. The smallest absolute Gasteiger partial charge is 0.306 e. The van der Waals surface area contributed by atoms with Crippen LogP contribution in [-0.4, -0.2) is 46.9 Å². The van der Waals surface area contributed by atoms with Crippen molar-refractivity contribution in [3.63, 3.8) is 0 Å². The summed E-state index contributed by atoms with van der Waals surface area (Å²) in [5, 5.41) is 23.6. The van der Waals surface area contributed by atoms with E-state index in [1.165, 1.54) is 70.6 Å². The SMILES string of the molecule is CC\C=C/C=C/C=C/C=C\C=C\C=C\CCCC(CC(=O)NC(CO)C(O)CCCCCCCCCCCCCC)OC(=O)CCCCCCC/C=C\CCC. The number of esters is 1. The highest BCUT2D eigenvalue weighted by Crippen LogP contribution is 2.16. The number of allylic oxidation sites excluding steroid dienone is 14. The Morgan fingerprint density at radius 3 is 1.61 bits per heavy atom. The second kappa shape index (κ2) is 43.2. The van der Waals surface area contributed by atoms with Gasteiger partial charge in [-0.15, -0.1) is 0 Å². The molecule has 0 saturated carbocycles. The number of ether oxygens (including phenoxy) is 1. The maximum Gasteiger partial charge on any atom is 0.306 e. The highest BCUT2D eigenvalue weighted by Gasteiger charge is 2.24. The fraction of sp³-hybridized carbons (Fsp3) is 0.680. The fourth-order valence-corrected chi connectivity index (χ4v) is 6.41. The summed E-state index contributed by atoms with van der Waals surface area (Å²) in [6.07, 6.45) is 55.0. The molecule has 0 rings (SSSR count). The molecule has 0 fully saturated rings. The van der Waals surface area contributed by atoms with E-state index in [0.29, 0.717) is 19.3 Å². The van der Waals surface area contributed by atoms with Gasteiger partial charge in [0.15, 0.2) is 0 Å². The van der Waals surface area contributed by atoms with Crippen LogP contribution in [0.5, 0.6) is 0 Å². The van der Waals surface area contributed by atoms with Crippen LogP contribution in [0.25, 0.3) is 0 Å². The Hall–Kier alpha value is -2.96. The molecule has 0 aliphatic heterocycles. The molecule has 3 atom stereocenters. The van der Waals surface area contributed by atoms with E-state index in [2.05, 4.69) is 50.4 Å². The highest BCUT2D eigenvalue weighted by atomic mass is 16.5. The molecule has 0 radical (unpaired) electrons. The van der Waals surface area contributed by atoms with Gasteiger partial charge < -0.3 is 20.3 Å². The molecule has 0 bridgehead atoms. The van der Waals surface area contributed by atoms with Gasteiger partial charge in [0.1, 0.15) is 6.10 Å². The van der Waals surface area contributed by atoms with Crippen LogP contribution in [0, 0.1) is 0 Å². The fourth-order valence-electron chi connectivity index (χ4n) is 6.41. The second-order valence-electron chi connectivity index (χ2n) is 15.2. The van der Waals surface area contributed by atoms with Gasteiger partial charge in [0.2, 0.25) is 5.91 Å². The van der Waals surface area contributed by atoms with Crippen molar-refractivity contribution in [2.45, 2.75) is 212 Å². The average Bonchev–Trinajstić information content (AvgIpc) is 3.19. The lowest BCUT2D eigenvalue weighted by Gasteiger charge is -2.24. The number of carbonyl (C=O) groups is 2. The molecule has 3 unspecified atom stereocenters. The minimum absolute atomic E-state index is 0.0190. The molecule has 0 spiro atoms. The molecular weight excluding hydrogens is 695 g/mol. The Kier molecular flexibility index (Phi) is 40.9. The monoisotopic (exact) mass is 780 g/mol. The maximum absolute atomic E-state index is 13.1. The van der Waals surface area contributed by atoms with Crippen molar-refractivity contribution in [3.8, 4) is 0 Å². The van der Waals surface area contributed by atoms with E-state index in [-0.39, 0.29) is 24.9 Å². The number of unbranched alkanes of at least 4 members (excludes halogenated alkanes) is 18. The van der Waals surface area contributed by atoms with Gasteiger partial charge >= 0.3 is 5.97 Å². The molecule has 0 aromatic heterocycles. The molecule has 0 saturated heterocycles. The van der Waals surface area contributed by atoms with Gasteiger partial charge in [0.25, 0.3) is 0 Å². The Labute approximate surface area is 344 Å². The van der Waals surface area contributed by atoms with E-state index >= 15 is 0 Å². The van der Waals surface area contributed by atoms with E-state index in [4.69, 9.17) is 4.74 Å². The van der Waals surface area contributed by atoms with Gasteiger partial charge in [0, 0.05) is 6.42 Å². The van der Waals surface area contributed by atoms with E-state index < -0.39 is 18.2 Å². The minimum Gasteiger partial charge on any atom is -0.462 e. The molecule has 6 nitrogen and oxygen atoms in total. The normalized spacial score (nSPS) is 14.2. The lowest BCUT2D eigenvalue weighted by molar-refractivity contribution is -0.151. The molecular formula is C50H85NO5. The Morgan fingerprint density at radius 1 is 0.536 bits per heavy atom. The predicted octanol–water partition coefficient (Wildman–Crippen LogP) is 13.2. The van der Waals surface area contributed by atoms with Crippen molar-refractivity contribution in [1.29, 1.82) is 0 Å². The van der Waals surface area contributed by atoms with Gasteiger partial charge in [-0.25, -0.2) is 0 Å². The van der Waals surface area contributed by atoms with E-state index in [0.717, 1.165) is 77.0 Å². The van der Waals surface area contributed by atoms with Crippen molar-refractivity contribution in [3.05, 3.63) is 85.1 Å². The van der Waals surface area contributed by atoms with Crippen molar-refractivity contribution in [2.24, 2.45) is 0 Å². The lowest BCUT2D eigenvalue weighted by atomic mass is 10.0. The molecule has 1 amide bonds. The molecule has 6 heteroatoms. The van der Waals surface area contributed by atoms with Gasteiger partial charge in [-0.3, -0.25) is 9.59 Å². The van der Waals surface area contributed by atoms with Gasteiger partial charge in [-0.2, -0.15) is 0 Å². The van der Waals surface area contributed by atoms with E-state index in [9.17, 15) is 19.8 Å². The molecule has 3 N–H and O–H groups in total. The van der Waals surface area contributed by atoms with Crippen LogP contribution in [0.15, 0.2) is 85.1 Å². The third kappa shape index (κ3) is 37.9. The molecule has 0 aromatic rings. The summed E-state index contributed by atoms with van der Waals surface area (Å²) < 4.78 is 5.85. The van der Waals surface area contributed by atoms with Crippen molar-refractivity contribution >= 4 is 11.9 Å². The number of carbonyl (C=O) groups excluding carboxylic acids is 2. The Balaban J connectivity index is 4.78. The topological polar surface area (TPSA) is 95.9 Å². The van der Waals surface area contributed by atoms with Crippen LogP contribution < -0.4 is 5.32 Å². The first kappa shape index (κ1) is 53.0. The number of aliphatic hydroxyl groups is 2. The lowest BCUT2D eigenvalue weighted by Crippen LogP contribution is -2.46. The molecule has 320 valence electrons. The summed E-state index contributed by atoms with van der Waals surface area (Å²) in [5.41, 5.74) is 0. The van der Waals surface area contributed by atoms with Crippen molar-refractivity contribution in [1.82, 2.24) is 5.32 Å². The molecule has 0 heterocycles. The second-order valence-corrected chi connectivity index (χ2v) is 15.2. The van der Waals surface area contributed by atoms with Gasteiger partial charge in [-0.1, -0.05) is 209 Å². The number of nitrogens with one attached hydrogen (secondary N) is 1. The first-order valence-electron chi connectivity index (χ1n) is 22.9. The zero-order valence-corrected chi connectivity index (χ0v) is 36.2. The molecule has 0 aliphatic carbocycles. The van der Waals surface area contributed by atoms with Crippen LogP contribution in [-0.2, 0) is 14.3 Å². The van der Waals surface area contributed by atoms with Gasteiger partial charge in [-0.05, 0) is 57.8 Å². The Morgan fingerprint density at radius 2 is 1.04 bits per heavy atom. The number of amides is 1. The molecule has 56 heavy (non-hydrogen) atoms. The van der Waals surface area contributed by atoms with Crippen LogP contribution in [0.2, 0.25) is 0 Å². The van der Waals surface area contributed by atoms with Gasteiger partial charge in [0.05, 0.1) is 25.2 Å². The van der Waals surface area contributed by atoms with Crippen molar-refractivity contribution in [2.75, 3.05) is 6.61 Å². The van der Waals surface area contributed by atoms with Crippen LogP contribution in [0.1, 0.15) is 194 Å². The third-order valence-electron chi connectivity index (χ3n) is 9.85. The highest BCUT2D eigenvalue weighted by molar-refractivity contribution is 5.77. The first-order valence-corrected chi connectivity index (χ1v) is 22.9. The number of hydrogen-bond acceptors (Lipinski definition) is 5. The number of aliphatic hydroxyl groups excluding tert-OH is 2. The van der Waals surface area contributed by atoms with Crippen molar-refractivity contribution < 1.29 is 24.5 Å². The summed E-state index contributed by atoms with van der Waals surface area (Å²) in [6.45, 7) is 6.23. The largest absolute Gasteiger partial charge is 0.462 e. The summed E-state index contributed by atoms with van der Waals surface area (Å²) in [5.74, 6) is -0.570. The number of hydrogen-bond donors (Lipinski definition) is 3. The minimum atomic E-state index is -0.811. The number of rotatable bonds is 39. The maximum atomic E-state index is 13.1. The van der Waals surface area contributed by atoms with E-state index in [1.54, 1.807) is 0 Å². The summed E-state index contributed by atoms with van der Waals surface area (Å²) in [4.78, 5) is 25.9. The average molecular weight is 780 g/mol.